The molecule has 0 atom stereocenters. The second-order valence-electron chi connectivity index (χ2n) is 4.26. The van der Waals surface area contributed by atoms with E-state index in [2.05, 4.69) is 33.7 Å². The zero-order chi connectivity index (χ0) is 12.1. The summed E-state index contributed by atoms with van der Waals surface area (Å²) in [6, 6.07) is 6.46. The molecular formula is C13H21N3O. The number of nitrogens with zero attached hydrogens (tertiary/aromatic N) is 1. The Morgan fingerprint density at radius 3 is 2.76 bits per heavy atom. The quantitative estimate of drug-likeness (QED) is 0.810. The van der Waals surface area contributed by atoms with Crippen LogP contribution in [0.3, 0.4) is 0 Å². The van der Waals surface area contributed by atoms with Crippen LogP contribution in [0, 0.1) is 0 Å². The van der Waals surface area contributed by atoms with Crippen molar-refractivity contribution in [2.75, 3.05) is 45.2 Å². The molecule has 0 aliphatic carbocycles. The van der Waals surface area contributed by atoms with Crippen molar-refractivity contribution < 1.29 is 4.74 Å². The topological polar surface area (TPSA) is 36.5 Å². The van der Waals surface area contributed by atoms with Gasteiger partial charge in [0.05, 0.1) is 7.11 Å². The first-order valence-corrected chi connectivity index (χ1v) is 6.12. The lowest BCUT2D eigenvalue weighted by atomic mass is 10.1. The average Bonchev–Trinajstić information content (AvgIpc) is 2.40. The van der Waals surface area contributed by atoms with Gasteiger partial charge in [-0.05, 0) is 13.1 Å². The molecule has 1 saturated heterocycles. The van der Waals surface area contributed by atoms with Crippen LogP contribution in [0.2, 0.25) is 0 Å². The van der Waals surface area contributed by atoms with E-state index in [1.54, 1.807) is 7.11 Å². The van der Waals surface area contributed by atoms with Crippen molar-refractivity contribution in [3.8, 4) is 5.75 Å². The van der Waals surface area contributed by atoms with Crippen LogP contribution >= 0.6 is 0 Å². The highest BCUT2D eigenvalue weighted by Gasteiger charge is 2.12. The van der Waals surface area contributed by atoms with E-state index in [4.69, 9.17) is 4.74 Å². The minimum absolute atomic E-state index is 0.838. The minimum Gasteiger partial charge on any atom is -0.496 e. The lowest BCUT2D eigenvalue weighted by Gasteiger charge is -2.30. The summed E-state index contributed by atoms with van der Waals surface area (Å²) in [7, 11) is 3.68. The molecule has 0 aromatic heterocycles. The standard InChI is InChI=1S/C13H21N3O/c1-14-10-11-3-4-12(9-13(11)17-2)16-7-5-15-6-8-16/h3-4,9,14-15H,5-8,10H2,1-2H3. The van der Waals surface area contributed by atoms with E-state index in [1.165, 1.54) is 11.3 Å². The first kappa shape index (κ1) is 12.2. The summed E-state index contributed by atoms with van der Waals surface area (Å²) in [5, 5.41) is 6.52. The summed E-state index contributed by atoms with van der Waals surface area (Å²) in [6.07, 6.45) is 0. The average molecular weight is 235 g/mol. The first-order chi connectivity index (χ1) is 8.35. The number of piperazine rings is 1. The Balaban J connectivity index is 2.17. The van der Waals surface area contributed by atoms with Gasteiger partial charge in [0.25, 0.3) is 0 Å². The van der Waals surface area contributed by atoms with E-state index in [0.29, 0.717) is 0 Å². The SMILES string of the molecule is CNCc1ccc(N2CCNCC2)cc1OC. The van der Waals surface area contributed by atoms with E-state index < -0.39 is 0 Å². The Bertz CT molecular complexity index is 362. The first-order valence-electron chi connectivity index (χ1n) is 6.12. The molecule has 1 heterocycles. The van der Waals surface area contributed by atoms with Gasteiger partial charge in [-0.1, -0.05) is 6.07 Å². The van der Waals surface area contributed by atoms with Crippen molar-refractivity contribution in [2.24, 2.45) is 0 Å². The molecule has 0 saturated carbocycles. The Hall–Kier alpha value is -1.26. The molecule has 2 N–H and O–H groups in total. The molecule has 0 spiro atoms. The molecule has 0 amide bonds. The lowest BCUT2D eigenvalue weighted by Crippen LogP contribution is -2.43. The number of rotatable bonds is 4. The molecule has 0 radical (unpaired) electrons. The highest BCUT2D eigenvalue weighted by Crippen LogP contribution is 2.25. The van der Waals surface area contributed by atoms with Gasteiger partial charge in [-0.15, -0.1) is 0 Å². The van der Waals surface area contributed by atoms with Gasteiger partial charge in [-0.2, -0.15) is 0 Å². The normalized spacial score (nSPS) is 16.0. The molecule has 0 unspecified atom stereocenters. The van der Waals surface area contributed by atoms with Crippen molar-refractivity contribution in [1.29, 1.82) is 0 Å². The highest BCUT2D eigenvalue weighted by atomic mass is 16.5. The van der Waals surface area contributed by atoms with Crippen LogP contribution in [0.1, 0.15) is 5.56 Å². The molecular weight excluding hydrogens is 214 g/mol. The van der Waals surface area contributed by atoms with E-state index in [0.717, 1.165) is 38.5 Å². The van der Waals surface area contributed by atoms with Crippen molar-refractivity contribution in [1.82, 2.24) is 10.6 Å². The smallest absolute Gasteiger partial charge is 0.125 e. The molecule has 2 rings (SSSR count). The molecule has 0 bridgehead atoms. The van der Waals surface area contributed by atoms with Gasteiger partial charge < -0.3 is 20.3 Å². The maximum atomic E-state index is 5.45. The Labute approximate surface area is 103 Å². The third kappa shape index (κ3) is 2.90. The second kappa shape index (κ2) is 5.89. The largest absolute Gasteiger partial charge is 0.496 e. The summed E-state index contributed by atoms with van der Waals surface area (Å²) in [5.74, 6) is 0.968. The summed E-state index contributed by atoms with van der Waals surface area (Å²) >= 11 is 0. The van der Waals surface area contributed by atoms with Crippen LogP contribution in [0.25, 0.3) is 0 Å². The molecule has 1 aromatic rings. The van der Waals surface area contributed by atoms with Crippen LogP contribution in [-0.2, 0) is 6.54 Å². The maximum Gasteiger partial charge on any atom is 0.125 e. The Kier molecular flexibility index (Phi) is 4.23. The minimum atomic E-state index is 0.838. The van der Waals surface area contributed by atoms with Gasteiger partial charge in [0.15, 0.2) is 0 Å². The van der Waals surface area contributed by atoms with Gasteiger partial charge in [0, 0.05) is 50.0 Å². The van der Waals surface area contributed by atoms with Crippen molar-refractivity contribution in [3.05, 3.63) is 23.8 Å². The lowest BCUT2D eigenvalue weighted by molar-refractivity contribution is 0.408. The number of nitrogens with one attached hydrogen (secondary N) is 2. The number of benzene rings is 1. The van der Waals surface area contributed by atoms with Crippen LogP contribution in [0.15, 0.2) is 18.2 Å². The van der Waals surface area contributed by atoms with Crippen LogP contribution < -0.4 is 20.3 Å². The van der Waals surface area contributed by atoms with Crippen molar-refractivity contribution >= 4 is 5.69 Å². The van der Waals surface area contributed by atoms with E-state index in [1.807, 2.05) is 7.05 Å². The number of hydrogen-bond acceptors (Lipinski definition) is 4. The fourth-order valence-corrected chi connectivity index (χ4v) is 2.19. The van der Waals surface area contributed by atoms with Gasteiger partial charge in [-0.3, -0.25) is 0 Å². The highest BCUT2D eigenvalue weighted by molar-refractivity contribution is 5.54. The molecule has 1 fully saturated rings. The number of hydrogen-bond donors (Lipinski definition) is 2. The molecule has 1 aromatic carbocycles. The fraction of sp³-hybridized carbons (Fsp3) is 0.538. The van der Waals surface area contributed by atoms with E-state index in [9.17, 15) is 0 Å². The molecule has 1 aliphatic rings. The zero-order valence-electron chi connectivity index (χ0n) is 10.6. The number of methoxy groups -OCH3 is 1. The fourth-order valence-electron chi connectivity index (χ4n) is 2.19. The van der Waals surface area contributed by atoms with Crippen molar-refractivity contribution in [3.63, 3.8) is 0 Å². The summed E-state index contributed by atoms with van der Waals surface area (Å²) in [4.78, 5) is 2.39. The predicted molar refractivity (Wildman–Crippen MR) is 70.8 cm³/mol. The summed E-state index contributed by atoms with van der Waals surface area (Å²) in [6.45, 7) is 5.08. The predicted octanol–water partition coefficient (Wildman–Crippen LogP) is 0.824. The van der Waals surface area contributed by atoms with Gasteiger partial charge in [-0.25, -0.2) is 0 Å². The number of anilines is 1. The van der Waals surface area contributed by atoms with Crippen LogP contribution in [-0.4, -0.2) is 40.3 Å². The van der Waals surface area contributed by atoms with Gasteiger partial charge in [0.1, 0.15) is 5.75 Å². The molecule has 4 heteroatoms. The van der Waals surface area contributed by atoms with Gasteiger partial charge >= 0.3 is 0 Å². The van der Waals surface area contributed by atoms with E-state index >= 15 is 0 Å². The van der Waals surface area contributed by atoms with Crippen LogP contribution in [0.4, 0.5) is 5.69 Å². The third-order valence-electron chi connectivity index (χ3n) is 3.12. The van der Waals surface area contributed by atoms with Crippen molar-refractivity contribution in [2.45, 2.75) is 6.54 Å². The number of ether oxygens (including phenoxy) is 1. The maximum absolute atomic E-state index is 5.45. The van der Waals surface area contributed by atoms with Crippen LogP contribution in [0.5, 0.6) is 5.75 Å². The Morgan fingerprint density at radius 2 is 2.12 bits per heavy atom. The van der Waals surface area contributed by atoms with Gasteiger partial charge in [0.2, 0.25) is 0 Å². The zero-order valence-corrected chi connectivity index (χ0v) is 10.6. The third-order valence-corrected chi connectivity index (χ3v) is 3.12. The molecule has 1 aliphatic heterocycles. The summed E-state index contributed by atoms with van der Waals surface area (Å²) in [5.41, 5.74) is 2.46. The summed E-state index contributed by atoms with van der Waals surface area (Å²) < 4.78 is 5.45. The Morgan fingerprint density at radius 1 is 1.35 bits per heavy atom. The monoisotopic (exact) mass is 235 g/mol. The second-order valence-corrected chi connectivity index (χ2v) is 4.26. The molecule has 17 heavy (non-hydrogen) atoms. The van der Waals surface area contributed by atoms with E-state index in [-0.39, 0.29) is 0 Å². The molecule has 94 valence electrons. The molecule has 4 nitrogen and oxygen atoms in total.